The van der Waals surface area contributed by atoms with Crippen molar-refractivity contribution in [2.45, 2.75) is 0 Å². The Balaban J connectivity index is 1.13. The summed E-state index contributed by atoms with van der Waals surface area (Å²) in [6.07, 6.45) is 0. The number of rotatable bonds is 6. The van der Waals surface area contributed by atoms with E-state index in [0.29, 0.717) is 17.6 Å². The van der Waals surface area contributed by atoms with Crippen molar-refractivity contribution in [3.8, 4) is 56.7 Å². The summed E-state index contributed by atoms with van der Waals surface area (Å²) in [5.41, 5.74) is 12.0. The third kappa shape index (κ3) is 5.59. The van der Waals surface area contributed by atoms with Gasteiger partial charge in [0.05, 0.1) is 22.1 Å². The number of thiophene rings is 1. The minimum Gasteiger partial charge on any atom is -0.307 e. The van der Waals surface area contributed by atoms with Crippen LogP contribution in [0.4, 0.5) is 0 Å². The molecule has 63 heavy (non-hydrogen) atoms. The molecular formula is C57H35N5S. The molecule has 0 atom stereocenters. The van der Waals surface area contributed by atoms with E-state index >= 15 is 0 Å². The molecule has 0 radical (unpaired) electrons. The Hall–Kier alpha value is -8.19. The highest BCUT2D eigenvalue weighted by molar-refractivity contribution is 7.25. The third-order valence-corrected chi connectivity index (χ3v) is 13.5. The van der Waals surface area contributed by atoms with Gasteiger partial charge in [0.2, 0.25) is 5.95 Å². The van der Waals surface area contributed by atoms with Crippen molar-refractivity contribution >= 4 is 75.1 Å². The van der Waals surface area contributed by atoms with E-state index in [0.717, 1.165) is 66.0 Å². The second-order valence-corrected chi connectivity index (χ2v) is 17.0. The topological polar surface area (TPSA) is 48.5 Å². The summed E-state index contributed by atoms with van der Waals surface area (Å²) in [6.45, 7) is 0. The fourth-order valence-corrected chi connectivity index (χ4v) is 10.8. The largest absolute Gasteiger partial charge is 0.307 e. The summed E-state index contributed by atoms with van der Waals surface area (Å²) in [4.78, 5) is 16.2. The Kier molecular flexibility index (Phi) is 8.01. The molecule has 0 N–H and O–H groups in total. The van der Waals surface area contributed by atoms with Gasteiger partial charge in [0.15, 0.2) is 11.6 Å². The summed E-state index contributed by atoms with van der Waals surface area (Å²) < 4.78 is 7.16. The zero-order chi connectivity index (χ0) is 41.4. The van der Waals surface area contributed by atoms with Crippen LogP contribution in [0.2, 0.25) is 0 Å². The van der Waals surface area contributed by atoms with E-state index in [1.54, 1.807) is 11.3 Å². The Morgan fingerprint density at radius 2 is 0.857 bits per heavy atom. The maximum atomic E-state index is 5.50. The zero-order valence-corrected chi connectivity index (χ0v) is 34.7. The lowest BCUT2D eigenvalue weighted by atomic mass is 9.94. The molecule has 5 nitrogen and oxygen atoms in total. The SMILES string of the molecule is c1ccc(-c2nc(-c3cccc4sc5ccccc5c34)nc(-n3c4ccccc4c4ccc5c6ccccc6n(-c6cccc(-c7ccccc7-c7ccccc7)c6)c5c43)n2)cc1. The molecule has 4 heterocycles. The number of para-hydroxylation sites is 2. The van der Waals surface area contributed by atoms with Crippen molar-refractivity contribution in [3.63, 3.8) is 0 Å². The molecule has 0 unspecified atom stereocenters. The fraction of sp³-hybridized carbons (Fsp3) is 0. The van der Waals surface area contributed by atoms with E-state index in [9.17, 15) is 0 Å². The number of hydrogen-bond donors (Lipinski definition) is 0. The van der Waals surface area contributed by atoms with Crippen molar-refractivity contribution in [1.82, 2.24) is 24.1 Å². The van der Waals surface area contributed by atoms with Crippen molar-refractivity contribution < 1.29 is 0 Å². The van der Waals surface area contributed by atoms with Gasteiger partial charge in [0.25, 0.3) is 0 Å². The Morgan fingerprint density at radius 1 is 0.333 bits per heavy atom. The van der Waals surface area contributed by atoms with Gasteiger partial charge in [-0.05, 0) is 58.7 Å². The molecule has 294 valence electrons. The third-order valence-electron chi connectivity index (χ3n) is 12.4. The molecule has 0 aliphatic heterocycles. The van der Waals surface area contributed by atoms with Crippen LogP contribution in [0.3, 0.4) is 0 Å². The smallest absolute Gasteiger partial charge is 0.238 e. The van der Waals surface area contributed by atoms with Gasteiger partial charge in [-0.2, -0.15) is 9.97 Å². The van der Waals surface area contributed by atoms with Crippen LogP contribution in [0, 0.1) is 0 Å². The van der Waals surface area contributed by atoms with E-state index in [4.69, 9.17) is 15.0 Å². The van der Waals surface area contributed by atoms with Crippen molar-refractivity contribution in [1.29, 1.82) is 0 Å². The highest BCUT2D eigenvalue weighted by Gasteiger charge is 2.24. The van der Waals surface area contributed by atoms with Crippen LogP contribution < -0.4 is 0 Å². The van der Waals surface area contributed by atoms with Gasteiger partial charge in [0.1, 0.15) is 0 Å². The first kappa shape index (κ1) is 35.6. The molecule has 6 heteroatoms. The maximum absolute atomic E-state index is 5.50. The molecule has 13 rings (SSSR count). The van der Waals surface area contributed by atoms with E-state index in [-0.39, 0.29) is 0 Å². The quantitative estimate of drug-likeness (QED) is 0.168. The van der Waals surface area contributed by atoms with Gasteiger partial charge in [0, 0.05) is 58.5 Å². The van der Waals surface area contributed by atoms with E-state index in [2.05, 4.69) is 203 Å². The van der Waals surface area contributed by atoms with E-state index in [1.807, 2.05) is 18.2 Å². The summed E-state index contributed by atoms with van der Waals surface area (Å²) >= 11 is 1.80. The van der Waals surface area contributed by atoms with Crippen LogP contribution in [0.15, 0.2) is 212 Å². The predicted molar refractivity (Wildman–Crippen MR) is 263 cm³/mol. The lowest BCUT2D eigenvalue weighted by Gasteiger charge is -2.15. The van der Waals surface area contributed by atoms with Gasteiger partial charge in [-0.3, -0.25) is 4.57 Å². The van der Waals surface area contributed by atoms with Gasteiger partial charge < -0.3 is 4.57 Å². The monoisotopic (exact) mass is 821 g/mol. The van der Waals surface area contributed by atoms with Gasteiger partial charge >= 0.3 is 0 Å². The molecule has 9 aromatic carbocycles. The average molecular weight is 822 g/mol. The first-order valence-electron chi connectivity index (χ1n) is 21.2. The zero-order valence-electron chi connectivity index (χ0n) is 33.9. The predicted octanol–water partition coefficient (Wildman–Crippen LogP) is 15.1. The maximum Gasteiger partial charge on any atom is 0.238 e. The number of fused-ring (bicyclic) bond motifs is 10. The molecule has 0 aliphatic carbocycles. The fourth-order valence-electron chi connectivity index (χ4n) is 9.66. The molecule has 0 fully saturated rings. The second-order valence-electron chi connectivity index (χ2n) is 16.0. The number of hydrogen-bond acceptors (Lipinski definition) is 4. The summed E-state index contributed by atoms with van der Waals surface area (Å²) in [5, 5.41) is 6.96. The molecule has 0 aliphatic rings. The van der Waals surface area contributed by atoms with E-state index < -0.39 is 0 Å². The van der Waals surface area contributed by atoms with Crippen LogP contribution in [0.1, 0.15) is 0 Å². The second kappa shape index (κ2) is 14.2. The molecule has 0 amide bonds. The average Bonchev–Trinajstić information content (AvgIpc) is 4.02. The summed E-state index contributed by atoms with van der Waals surface area (Å²) in [7, 11) is 0. The van der Waals surface area contributed by atoms with Gasteiger partial charge in [-0.1, -0.05) is 176 Å². The van der Waals surface area contributed by atoms with Crippen molar-refractivity contribution in [2.75, 3.05) is 0 Å². The van der Waals surface area contributed by atoms with Gasteiger partial charge in [-0.15, -0.1) is 11.3 Å². The van der Waals surface area contributed by atoms with Crippen LogP contribution in [-0.4, -0.2) is 24.1 Å². The first-order chi connectivity index (χ1) is 31.3. The highest BCUT2D eigenvalue weighted by Crippen LogP contribution is 2.44. The Morgan fingerprint density at radius 3 is 1.60 bits per heavy atom. The van der Waals surface area contributed by atoms with E-state index in [1.165, 1.54) is 36.9 Å². The first-order valence-corrected chi connectivity index (χ1v) is 22.0. The molecule has 0 bridgehead atoms. The Labute approximate surface area is 366 Å². The van der Waals surface area contributed by atoms with Crippen molar-refractivity contribution in [3.05, 3.63) is 212 Å². The Bertz CT molecular complexity index is 3920. The normalized spacial score (nSPS) is 11.8. The number of aromatic nitrogens is 5. The molecule has 0 saturated carbocycles. The summed E-state index contributed by atoms with van der Waals surface area (Å²) in [5.74, 6) is 1.82. The standard InChI is InChI=1S/C57H35N5S/c1-3-17-36(18-4-1)40-23-7-8-24-41(40)38-21-15-22-39(35-38)61-48-29-12-9-25-42(48)44-33-34-45-43-26-10-13-30-49(43)62(54(45)53(44)61)57-59-55(37-19-5-2-6-20-37)58-56(60-57)47-28-16-32-51-52(47)46-27-11-14-31-50(46)63-51/h1-35H. The number of benzene rings is 9. The molecule has 0 spiro atoms. The number of nitrogens with zero attached hydrogens (tertiary/aromatic N) is 5. The molecule has 0 saturated heterocycles. The van der Waals surface area contributed by atoms with Crippen LogP contribution in [-0.2, 0) is 0 Å². The van der Waals surface area contributed by atoms with Crippen LogP contribution in [0.25, 0.3) is 120 Å². The highest BCUT2D eigenvalue weighted by atomic mass is 32.1. The molecule has 4 aromatic heterocycles. The van der Waals surface area contributed by atoms with Gasteiger partial charge in [-0.25, -0.2) is 4.98 Å². The minimum absolute atomic E-state index is 0.566. The minimum atomic E-state index is 0.566. The van der Waals surface area contributed by atoms with Crippen LogP contribution in [0.5, 0.6) is 0 Å². The van der Waals surface area contributed by atoms with Crippen LogP contribution >= 0.6 is 11.3 Å². The lowest BCUT2D eigenvalue weighted by Crippen LogP contribution is -2.07. The molecular weight excluding hydrogens is 787 g/mol. The lowest BCUT2D eigenvalue weighted by molar-refractivity contribution is 0.954. The summed E-state index contributed by atoms with van der Waals surface area (Å²) in [6, 6.07) is 75.6. The van der Waals surface area contributed by atoms with Crippen molar-refractivity contribution in [2.24, 2.45) is 0 Å². The molecule has 13 aromatic rings.